The number of carbonyl (C=O) groups is 2. The fourth-order valence-corrected chi connectivity index (χ4v) is 2.38. The number of anilines is 1. The molecule has 0 aliphatic carbocycles. The van der Waals surface area contributed by atoms with Crippen molar-refractivity contribution in [1.82, 2.24) is 0 Å². The van der Waals surface area contributed by atoms with E-state index in [2.05, 4.69) is 0 Å². The molecule has 1 aromatic rings. The van der Waals surface area contributed by atoms with E-state index in [4.69, 9.17) is 5.11 Å². The summed E-state index contributed by atoms with van der Waals surface area (Å²) in [5, 5.41) is 8.94. The van der Waals surface area contributed by atoms with E-state index in [-0.39, 0.29) is 11.5 Å². The lowest BCUT2D eigenvalue weighted by Gasteiger charge is -2.16. The molecule has 1 heterocycles. The standard InChI is InChI=1S/C12H13NO3S/c1-17-7-11(14)13-5-4-8-2-3-9(12(15)16)6-10(8)13/h2-3,6H,4-5,7H2,1H3,(H,15,16). The number of carboxylic acids is 1. The Balaban J connectivity index is 2.32. The number of hydrogen-bond donors (Lipinski definition) is 1. The monoisotopic (exact) mass is 251 g/mol. The van der Waals surface area contributed by atoms with E-state index in [1.165, 1.54) is 11.8 Å². The Kier molecular flexibility index (Phi) is 3.38. The van der Waals surface area contributed by atoms with Crippen LogP contribution in [-0.2, 0) is 11.2 Å². The minimum atomic E-state index is -0.961. The Morgan fingerprint density at radius 3 is 2.88 bits per heavy atom. The molecule has 4 nitrogen and oxygen atoms in total. The van der Waals surface area contributed by atoms with Crippen molar-refractivity contribution in [3.05, 3.63) is 29.3 Å². The molecule has 90 valence electrons. The first-order valence-electron chi connectivity index (χ1n) is 5.29. The summed E-state index contributed by atoms with van der Waals surface area (Å²) in [5.41, 5.74) is 2.03. The summed E-state index contributed by atoms with van der Waals surface area (Å²) in [6, 6.07) is 4.97. The van der Waals surface area contributed by atoms with Gasteiger partial charge in [-0.15, -0.1) is 0 Å². The first kappa shape index (κ1) is 12.0. The van der Waals surface area contributed by atoms with Gasteiger partial charge in [0.05, 0.1) is 11.3 Å². The van der Waals surface area contributed by atoms with E-state index in [0.717, 1.165) is 17.7 Å². The van der Waals surface area contributed by atoms with Crippen LogP contribution in [0.3, 0.4) is 0 Å². The Labute approximate surface area is 104 Å². The largest absolute Gasteiger partial charge is 0.478 e. The highest BCUT2D eigenvalue weighted by molar-refractivity contribution is 7.99. The third kappa shape index (κ3) is 2.29. The molecule has 5 heteroatoms. The summed E-state index contributed by atoms with van der Waals surface area (Å²) in [5.74, 6) is -0.493. The van der Waals surface area contributed by atoms with Crippen LogP contribution in [0.2, 0.25) is 0 Å². The lowest BCUT2D eigenvalue weighted by Crippen LogP contribution is -2.30. The fourth-order valence-electron chi connectivity index (χ4n) is 1.97. The van der Waals surface area contributed by atoms with E-state index in [9.17, 15) is 9.59 Å². The fraction of sp³-hybridized carbons (Fsp3) is 0.333. The molecule has 1 N–H and O–H groups in total. The average Bonchev–Trinajstić information content (AvgIpc) is 2.71. The highest BCUT2D eigenvalue weighted by Gasteiger charge is 2.25. The highest BCUT2D eigenvalue weighted by Crippen LogP contribution is 2.29. The maximum Gasteiger partial charge on any atom is 0.335 e. The van der Waals surface area contributed by atoms with Gasteiger partial charge in [0.1, 0.15) is 0 Å². The van der Waals surface area contributed by atoms with Crippen LogP contribution in [0, 0.1) is 0 Å². The zero-order chi connectivity index (χ0) is 12.4. The Morgan fingerprint density at radius 1 is 1.47 bits per heavy atom. The van der Waals surface area contributed by atoms with Gasteiger partial charge in [-0.3, -0.25) is 4.79 Å². The summed E-state index contributed by atoms with van der Waals surface area (Å²) >= 11 is 1.47. The molecular weight excluding hydrogens is 238 g/mol. The predicted molar refractivity (Wildman–Crippen MR) is 67.8 cm³/mol. The normalized spacial score (nSPS) is 13.6. The zero-order valence-electron chi connectivity index (χ0n) is 9.47. The molecule has 0 aromatic heterocycles. The number of amides is 1. The third-order valence-electron chi connectivity index (χ3n) is 2.80. The molecule has 0 atom stereocenters. The predicted octanol–water partition coefficient (Wildman–Crippen LogP) is 1.64. The van der Waals surface area contributed by atoms with Gasteiger partial charge in [0, 0.05) is 12.2 Å². The molecular formula is C12H13NO3S. The molecule has 0 radical (unpaired) electrons. The average molecular weight is 251 g/mol. The van der Waals surface area contributed by atoms with Crippen molar-refractivity contribution in [2.75, 3.05) is 23.5 Å². The van der Waals surface area contributed by atoms with Gasteiger partial charge in [0.25, 0.3) is 0 Å². The first-order valence-corrected chi connectivity index (χ1v) is 6.68. The second kappa shape index (κ2) is 4.79. The van der Waals surface area contributed by atoms with Crippen LogP contribution in [-0.4, -0.2) is 35.5 Å². The van der Waals surface area contributed by atoms with Crippen LogP contribution >= 0.6 is 11.8 Å². The van der Waals surface area contributed by atoms with Crippen LogP contribution in [0.1, 0.15) is 15.9 Å². The van der Waals surface area contributed by atoms with Crippen LogP contribution in [0.15, 0.2) is 18.2 Å². The lowest BCUT2D eigenvalue weighted by molar-refractivity contribution is -0.116. The van der Waals surface area contributed by atoms with Gasteiger partial charge >= 0.3 is 5.97 Å². The smallest absolute Gasteiger partial charge is 0.335 e. The van der Waals surface area contributed by atoms with Crippen molar-refractivity contribution in [3.63, 3.8) is 0 Å². The second-order valence-corrected chi connectivity index (χ2v) is 4.74. The Bertz CT molecular complexity index is 473. The second-order valence-electron chi connectivity index (χ2n) is 3.88. The number of carbonyl (C=O) groups excluding carboxylic acids is 1. The van der Waals surface area contributed by atoms with Gasteiger partial charge in [0.2, 0.25) is 5.91 Å². The van der Waals surface area contributed by atoms with Gasteiger partial charge in [-0.2, -0.15) is 11.8 Å². The number of aromatic carboxylic acids is 1. The van der Waals surface area contributed by atoms with Crippen molar-refractivity contribution in [1.29, 1.82) is 0 Å². The van der Waals surface area contributed by atoms with Crippen molar-refractivity contribution in [2.45, 2.75) is 6.42 Å². The van der Waals surface area contributed by atoms with Crippen LogP contribution < -0.4 is 4.90 Å². The maximum absolute atomic E-state index is 11.8. The molecule has 17 heavy (non-hydrogen) atoms. The van der Waals surface area contributed by atoms with Gasteiger partial charge in [-0.25, -0.2) is 4.79 Å². The minimum Gasteiger partial charge on any atom is -0.478 e. The molecule has 0 unspecified atom stereocenters. The van der Waals surface area contributed by atoms with Crippen molar-refractivity contribution >= 4 is 29.3 Å². The number of nitrogens with zero attached hydrogens (tertiary/aromatic N) is 1. The summed E-state index contributed by atoms with van der Waals surface area (Å²) in [6.45, 7) is 0.651. The lowest BCUT2D eigenvalue weighted by atomic mass is 10.1. The molecule has 1 aromatic carbocycles. The van der Waals surface area contributed by atoms with Gasteiger partial charge in [-0.05, 0) is 30.4 Å². The van der Waals surface area contributed by atoms with Crippen LogP contribution in [0.25, 0.3) is 0 Å². The van der Waals surface area contributed by atoms with E-state index < -0.39 is 5.97 Å². The molecule has 0 bridgehead atoms. The molecule has 2 rings (SSSR count). The zero-order valence-corrected chi connectivity index (χ0v) is 10.3. The molecule has 0 spiro atoms. The van der Waals surface area contributed by atoms with E-state index in [1.54, 1.807) is 23.1 Å². The molecule has 0 saturated carbocycles. The summed E-state index contributed by atoms with van der Waals surface area (Å²) in [4.78, 5) is 24.4. The first-order chi connectivity index (χ1) is 8.13. The topological polar surface area (TPSA) is 57.6 Å². The number of thioether (sulfide) groups is 1. The number of rotatable bonds is 3. The maximum atomic E-state index is 11.8. The number of carboxylic acid groups (broad SMARTS) is 1. The number of benzene rings is 1. The summed E-state index contributed by atoms with van der Waals surface area (Å²) in [7, 11) is 0. The molecule has 0 saturated heterocycles. The number of hydrogen-bond acceptors (Lipinski definition) is 3. The van der Waals surface area contributed by atoms with Crippen LogP contribution in [0.4, 0.5) is 5.69 Å². The molecule has 1 aliphatic heterocycles. The van der Waals surface area contributed by atoms with E-state index in [1.807, 2.05) is 6.26 Å². The Morgan fingerprint density at radius 2 is 2.24 bits per heavy atom. The van der Waals surface area contributed by atoms with E-state index >= 15 is 0 Å². The van der Waals surface area contributed by atoms with Gasteiger partial charge in [-0.1, -0.05) is 6.07 Å². The summed E-state index contributed by atoms with van der Waals surface area (Å²) in [6.07, 6.45) is 2.68. The van der Waals surface area contributed by atoms with Gasteiger partial charge in [0.15, 0.2) is 0 Å². The van der Waals surface area contributed by atoms with Gasteiger partial charge < -0.3 is 10.0 Å². The van der Waals surface area contributed by atoms with Crippen molar-refractivity contribution in [2.24, 2.45) is 0 Å². The third-order valence-corrected chi connectivity index (χ3v) is 3.33. The molecule has 1 amide bonds. The molecule has 0 fully saturated rings. The molecule has 1 aliphatic rings. The SMILES string of the molecule is CSCC(=O)N1CCc2ccc(C(=O)O)cc21. The quantitative estimate of drug-likeness (QED) is 0.887. The Hall–Kier alpha value is -1.49. The van der Waals surface area contributed by atoms with Crippen LogP contribution in [0.5, 0.6) is 0 Å². The van der Waals surface area contributed by atoms with Crippen molar-refractivity contribution in [3.8, 4) is 0 Å². The van der Waals surface area contributed by atoms with E-state index in [0.29, 0.717) is 12.3 Å². The highest BCUT2D eigenvalue weighted by atomic mass is 32.2. The van der Waals surface area contributed by atoms with Crippen molar-refractivity contribution < 1.29 is 14.7 Å². The minimum absolute atomic E-state index is 0.0405. The number of fused-ring (bicyclic) bond motifs is 1. The summed E-state index contributed by atoms with van der Waals surface area (Å²) < 4.78 is 0.